The van der Waals surface area contributed by atoms with Crippen molar-refractivity contribution in [3.8, 4) is 11.3 Å². The summed E-state index contributed by atoms with van der Waals surface area (Å²) in [5, 5.41) is 6.41. The fourth-order valence-corrected chi connectivity index (χ4v) is 6.79. The number of ether oxygens (including phenoxy) is 4. The van der Waals surface area contributed by atoms with Gasteiger partial charge in [-0.2, -0.15) is 0 Å². The van der Waals surface area contributed by atoms with E-state index in [2.05, 4.69) is 52.6 Å². The number of nitrogens with zero attached hydrogens (tertiary/aromatic N) is 2. The number of aromatic nitrogens is 1. The molecule has 1 aliphatic rings. The van der Waals surface area contributed by atoms with Crippen LogP contribution >= 0.6 is 0 Å². The highest BCUT2D eigenvalue weighted by atomic mass is 16.6. The summed E-state index contributed by atoms with van der Waals surface area (Å²) in [6.07, 6.45) is 6.21. The number of carbonyl (C=O) groups is 2. The van der Waals surface area contributed by atoms with Crippen molar-refractivity contribution in [3.63, 3.8) is 0 Å². The zero-order valence-corrected chi connectivity index (χ0v) is 32.4. The van der Waals surface area contributed by atoms with Gasteiger partial charge >= 0.3 is 0 Å². The number of nitrogens with one attached hydrogen (secondary N) is 2. The van der Waals surface area contributed by atoms with E-state index >= 15 is 0 Å². The topological polar surface area (TPSA) is 137 Å². The molecule has 0 unspecified atom stereocenters. The smallest absolute Gasteiger partial charge is 0.255 e. The van der Waals surface area contributed by atoms with Gasteiger partial charge in [0.05, 0.1) is 63.7 Å². The molecule has 0 aliphatic heterocycles. The first-order valence-electron chi connectivity index (χ1n) is 19.7. The molecule has 4 aromatic rings. The van der Waals surface area contributed by atoms with Gasteiger partial charge in [0.25, 0.3) is 11.8 Å². The van der Waals surface area contributed by atoms with E-state index in [1.165, 1.54) is 11.1 Å². The second kappa shape index (κ2) is 22.7. The zero-order chi connectivity index (χ0) is 38.7. The van der Waals surface area contributed by atoms with Crippen molar-refractivity contribution in [3.05, 3.63) is 113 Å². The Balaban J connectivity index is 1.18. The summed E-state index contributed by atoms with van der Waals surface area (Å²) in [5.41, 5.74) is 13.0. The lowest BCUT2D eigenvalue weighted by Gasteiger charge is -2.26. The number of anilines is 2. The molecule has 0 fully saturated rings. The molecule has 0 saturated carbocycles. The number of fused-ring (bicyclic) bond motifs is 1. The molecule has 1 aromatic heterocycles. The summed E-state index contributed by atoms with van der Waals surface area (Å²) in [6, 6.07) is 25.5. The van der Waals surface area contributed by atoms with Gasteiger partial charge in [-0.3, -0.25) is 14.6 Å². The first-order chi connectivity index (χ1) is 27.0. The van der Waals surface area contributed by atoms with Crippen molar-refractivity contribution in [1.29, 1.82) is 0 Å². The third kappa shape index (κ3) is 12.7. The lowest BCUT2D eigenvalue weighted by atomic mass is 9.87. The molecule has 11 heteroatoms. The first-order valence-corrected chi connectivity index (χ1v) is 19.7. The van der Waals surface area contributed by atoms with E-state index in [-0.39, 0.29) is 17.9 Å². The van der Waals surface area contributed by atoms with E-state index in [1.54, 1.807) is 12.3 Å². The summed E-state index contributed by atoms with van der Waals surface area (Å²) in [6.45, 7) is 10.6. The van der Waals surface area contributed by atoms with Crippen LogP contribution in [0.25, 0.3) is 11.3 Å². The van der Waals surface area contributed by atoms with Crippen LogP contribution in [0.5, 0.6) is 0 Å². The highest BCUT2D eigenvalue weighted by molar-refractivity contribution is 6.06. The van der Waals surface area contributed by atoms with Gasteiger partial charge in [0.15, 0.2) is 0 Å². The molecule has 2 amide bonds. The van der Waals surface area contributed by atoms with Crippen LogP contribution in [-0.2, 0) is 31.8 Å². The Kier molecular flexibility index (Phi) is 17.1. The molecule has 4 N–H and O–H groups in total. The van der Waals surface area contributed by atoms with Crippen molar-refractivity contribution in [1.82, 2.24) is 10.3 Å². The van der Waals surface area contributed by atoms with Gasteiger partial charge in [-0.1, -0.05) is 36.4 Å². The third-order valence-corrected chi connectivity index (χ3v) is 9.67. The molecule has 294 valence electrons. The Morgan fingerprint density at radius 2 is 1.49 bits per heavy atom. The van der Waals surface area contributed by atoms with Gasteiger partial charge in [-0.05, 0) is 105 Å². The second-order valence-electron chi connectivity index (χ2n) is 13.4. The van der Waals surface area contributed by atoms with Crippen molar-refractivity contribution in [2.75, 3.05) is 82.7 Å². The molecule has 0 spiro atoms. The summed E-state index contributed by atoms with van der Waals surface area (Å²) in [7, 11) is 0. The van der Waals surface area contributed by atoms with Gasteiger partial charge < -0.3 is 40.2 Å². The number of aryl methyl sites for hydroxylation is 2. The van der Waals surface area contributed by atoms with E-state index in [0.29, 0.717) is 81.9 Å². The van der Waals surface area contributed by atoms with E-state index < -0.39 is 0 Å². The monoisotopic (exact) mass is 751 g/mol. The van der Waals surface area contributed by atoms with Crippen LogP contribution in [0.3, 0.4) is 0 Å². The average Bonchev–Trinajstić information content (AvgIpc) is 3.22. The molecule has 55 heavy (non-hydrogen) atoms. The minimum absolute atomic E-state index is 0.0349. The van der Waals surface area contributed by atoms with Crippen molar-refractivity contribution in [2.45, 2.75) is 52.0 Å². The Labute approximate surface area is 325 Å². The first kappa shape index (κ1) is 41.5. The van der Waals surface area contributed by atoms with Crippen LogP contribution in [-0.4, -0.2) is 89.3 Å². The Morgan fingerprint density at radius 1 is 0.782 bits per heavy atom. The zero-order valence-electron chi connectivity index (χ0n) is 32.4. The SMILES string of the molecule is CCN(CC)c1ccc(NC(=O)c2cccc(CCCOCCOCCOCCOCCN)c2)c(-c2cc(C(=O)N[C@H]3CCCc4ccccc43)ccn2)c1. The molecular formula is C44H57N5O6. The number of hydrogen-bond acceptors (Lipinski definition) is 9. The number of carbonyl (C=O) groups excluding carboxylic acids is 2. The summed E-state index contributed by atoms with van der Waals surface area (Å²) < 4.78 is 22.0. The quantitative estimate of drug-likeness (QED) is 0.0716. The van der Waals surface area contributed by atoms with Gasteiger partial charge in [-0.15, -0.1) is 0 Å². The Bertz CT molecular complexity index is 1800. The highest BCUT2D eigenvalue weighted by Crippen LogP contribution is 2.33. The number of nitrogens with two attached hydrogens (primary N) is 1. The van der Waals surface area contributed by atoms with Crippen molar-refractivity contribution in [2.24, 2.45) is 5.73 Å². The van der Waals surface area contributed by atoms with Gasteiger partial charge in [0.1, 0.15) is 0 Å². The molecule has 1 aliphatic carbocycles. The van der Waals surface area contributed by atoms with Crippen molar-refractivity contribution >= 4 is 23.2 Å². The average molecular weight is 752 g/mol. The summed E-state index contributed by atoms with van der Waals surface area (Å²) in [5.74, 6) is -0.363. The third-order valence-electron chi connectivity index (χ3n) is 9.67. The number of hydrogen-bond donors (Lipinski definition) is 3. The minimum atomic E-state index is -0.219. The van der Waals surface area contributed by atoms with Crippen LogP contribution in [0.2, 0.25) is 0 Å². The maximum absolute atomic E-state index is 13.7. The molecular weight excluding hydrogens is 695 g/mol. The van der Waals surface area contributed by atoms with Crippen LogP contribution < -0.4 is 21.3 Å². The predicted molar refractivity (Wildman–Crippen MR) is 218 cm³/mol. The lowest BCUT2D eigenvalue weighted by Crippen LogP contribution is -2.31. The predicted octanol–water partition coefficient (Wildman–Crippen LogP) is 6.61. The Hall–Kier alpha value is -4.65. The number of rotatable bonds is 23. The summed E-state index contributed by atoms with van der Waals surface area (Å²) in [4.78, 5) is 34.3. The number of benzene rings is 3. The van der Waals surface area contributed by atoms with Gasteiger partial charge in [0, 0.05) is 54.8 Å². The molecule has 0 saturated heterocycles. The Morgan fingerprint density at radius 3 is 2.24 bits per heavy atom. The van der Waals surface area contributed by atoms with E-state index in [0.717, 1.165) is 62.0 Å². The van der Waals surface area contributed by atoms with Crippen LogP contribution in [0.4, 0.5) is 11.4 Å². The minimum Gasteiger partial charge on any atom is -0.379 e. The molecule has 1 heterocycles. The summed E-state index contributed by atoms with van der Waals surface area (Å²) >= 11 is 0. The molecule has 5 rings (SSSR count). The lowest BCUT2D eigenvalue weighted by molar-refractivity contribution is -0.00118. The molecule has 11 nitrogen and oxygen atoms in total. The second-order valence-corrected chi connectivity index (χ2v) is 13.4. The van der Waals surface area contributed by atoms with Crippen LogP contribution in [0, 0.1) is 0 Å². The highest BCUT2D eigenvalue weighted by Gasteiger charge is 2.23. The van der Waals surface area contributed by atoms with Gasteiger partial charge in [-0.25, -0.2) is 0 Å². The van der Waals surface area contributed by atoms with Crippen LogP contribution in [0.15, 0.2) is 85.1 Å². The van der Waals surface area contributed by atoms with Crippen LogP contribution in [0.1, 0.15) is 76.6 Å². The molecule has 3 aromatic carbocycles. The fraction of sp³-hybridized carbons (Fsp3) is 0.432. The normalized spacial score (nSPS) is 13.6. The largest absolute Gasteiger partial charge is 0.379 e. The molecule has 0 bridgehead atoms. The van der Waals surface area contributed by atoms with E-state index in [9.17, 15) is 9.59 Å². The number of pyridine rings is 1. The fourth-order valence-electron chi connectivity index (χ4n) is 6.79. The standard InChI is InChI=1S/C44H57N5O6/c1-3-49(4-2)37-17-18-41(39(32-37)42-31-36(19-21-46-42)44(51)47-40-16-8-13-34-12-5-6-15-38(34)40)48-43(50)35-14-7-10-33(30-35)11-9-22-52-24-26-54-28-29-55-27-25-53-23-20-45/h5-7,10,12,14-15,17-19,21,30-32,40H,3-4,8-9,11,13,16,20,22-29,45H2,1-2H3,(H,47,51)(H,48,50)/t40-/m0/s1. The van der Waals surface area contributed by atoms with Crippen molar-refractivity contribution < 1.29 is 28.5 Å². The maximum atomic E-state index is 13.7. The maximum Gasteiger partial charge on any atom is 0.255 e. The van der Waals surface area contributed by atoms with Gasteiger partial charge in [0.2, 0.25) is 0 Å². The van der Waals surface area contributed by atoms with E-state index in [1.807, 2.05) is 54.6 Å². The molecule has 1 atom stereocenters. The number of amides is 2. The van der Waals surface area contributed by atoms with E-state index in [4.69, 9.17) is 24.7 Å². The molecule has 0 radical (unpaired) electrons.